The maximum Gasteiger partial charge on any atom is 0.253 e. The van der Waals surface area contributed by atoms with E-state index in [9.17, 15) is 14.4 Å². The second-order valence-corrected chi connectivity index (χ2v) is 6.87. The largest absolute Gasteiger partial charge is 0.348 e. The molecule has 1 fully saturated rings. The van der Waals surface area contributed by atoms with Gasteiger partial charge in [0, 0.05) is 40.3 Å². The minimum atomic E-state index is -0.364. The first-order valence-corrected chi connectivity index (χ1v) is 8.99. The fourth-order valence-corrected chi connectivity index (χ4v) is 2.94. The van der Waals surface area contributed by atoms with Gasteiger partial charge in [0.25, 0.3) is 5.91 Å². The lowest BCUT2D eigenvalue weighted by Crippen LogP contribution is -2.43. The molecular weight excluding hydrogens is 356 g/mol. The molecule has 0 unspecified atom stereocenters. The normalized spacial score (nSPS) is 15.3. The Labute approximate surface area is 158 Å². The third kappa shape index (κ3) is 5.71. The number of carbonyl (C=O) groups is 3. The Morgan fingerprint density at radius 3 is 2.54 bits per heavy atom. The molecule has 7 nitrogen and oxygen atoms in total. The highest BCUT2D eigenvalue weighted by Gasteiger charge is 2.21. The lowest BCUT2D eigenvalue weighted by molar-refractivity contribution is -0.130. The molecule has 0 radical (unpaired) electrons. The molecule has 2 rings (SSSR count). The second-order valence-electron chi connectivity index (χ2n) is 6.46. The van der Waals surface area contributed by atoms with Crippen LogP contribution in [0.5, 0.6) is 0 Å². The minimum Gasteiger partial charge on any atom is -0.348 e. The van der Waals surface area contributed by atoms with Crippen LogP contribution in [0.4, 0.5) is 0 Å². The van der Waals surface area contributed by atoms with Gasteiger partial charge in [-0.15, -0.1) is 0 Å². The molecule has 0 atom stereocenters. The first-order valence-electron chi connectivity index (χ1n) is 8.61. The molecule has 142 valence electrons. The van der Waals surface area contributed by atoms with Crippen LogP contribution in [0.15, 0.2) is 24.3 Å². The molecule has 0 bridgehead atoms. The molecule has 1 N–H and O–H groups in total. The number of amides is 3. The lowest BCUT2D eigenvalue weighted by atomic mass is 10.2. The minimum absolute atomic E-state index is 0.0526. The standard InChI is InChI=1S/C18H25ClN4O3/c1-21(2)17(25)13-22-8-5-9-23(11-10-22)16(24)12-20-18(26)14-6-3-4-7-15(14)19/h3-4,6-7H,5,8-13H2,1-2H3,(H,20,26). The van der Waals surface area contributed by atoms with Crippen LogP contribution in [0.25, 0.3) is 0 Å². The van der Waals surface area contributed by atoms with E-state index in [2.05, 4.69) is 10.2 Å². The van der Waals surface area contributed by atoms with E-state index >= 15 is 0 Å². The van der Waals surface area contributed by atoms with Crippen LogP contribution < -0.4 is 5.32 Å². The highest BCUT2D eigenvalue weighted by atomic mass is 35.5. The number of nitrogens with zero attached hydrogens (tertiary/aromatic N) is 3. The predicted octanol–water partition coefficient (Wildman–Crippen LogP) is 0.692. The average molecular weight is 381 g/mol. The quantitative estimate of drug-likeness (QED) is 0.815. The molecule has 1 aromatic carbocycles. The molecule has 1 saturated heterocycles. The molecule has 1 aliphatic heterocycles. The van der Waals surface area contributed by atoms with Gasteiger partial charge in [-0.05, 0) is 18.6 Å². The maximum absolute atomic E-state index is 12.4. The number of hydrogen-bond donors (Lipinski definition) is 1. The van der Waals surface area contributed by atoms with E-state index in [1.807, 2.05) is 0 Å². The van der Waals surface area contributed by atoms with E-state index in [0.717, 1.165) is 13.0 Å². The van der Waals surface area contributed by atoms with Crippen molar-refractivity contribution in [1.82, 2.24) is 20.0 Å². The monoisotopic (exact) mass is 380 g/mol. The van der Waals surface area contributed by atoms with Crippen molar-refractivity contribution >= 4 is 29.3 Å². The van der Waals surface area contributed by atoms with Gasteiger partial charge in [-0.3, -0.25) is 19.3 Å². The number of rotatable bonds is 5. The Morgan fingerprint density at radius 2 is 1.85 bits per heavy atom. The highest BCUT2D eigenvalue weighted by Crippen LogP contribution is 2.14. The molecular formula is C18H25ClN4O3. The van der Waals surface area contributed by atoms with Crippen molar-refractivity contribution in [2.24, 2.45) is 0 Å². The van der Waals surface area contributed by atoms with E-state index in [-0.39, 0.29) is 24.3 Å². The molecule has 0 aromatic heterocycles. The zero-order valence-electron chi connectivity index (χ0n) is 15.2. The van der Waals surface area contributed by atoms with Gasteiger partial charge in [0.15, 0.2) is 0 Å². The van der Waals surface area contributed by atoms with Crippen molar-refractivity contribution in [2.45, 2.75) is 6.42 Å². The van der Waals surface area contributed by atoms with Gasteiger partial charge in [-0.25, -0.2) is 0 Å². The smallest absolute Gasteiger partial charge is 0.253 e. The van der Waals surface area contributed by atoms with E-state index < -0.39 is 0 Å². The van der Waals surface area contributed by atoms with Gasteiger partial charge < -0.3 is 15.1 Å². The average Bonchev–Trinajstić information content (AvgIpc) is 2.85. The van der Waals surface area contributed by atoms with Crippen molar-refractivity contribution in [3.05, 3.63) is 34.9 Å². The fraction of sp³-hybridized carbons (Fsp3) is 0.500. The van der Waals surface area contributed by atoms with Gasteiger partial charge in [-0.1, -0.05) is 23.7 Å². The van der Waals surface area contributed by atoms with Gasteiger partial charge in [0.1, 0.15) is 0 Å². The van der Waals surface area contributed by atoms with E-state index in [1.54, 1.807) is 48.2 Å². The van der Waals surface area contributed by atoms with Gasteiger partial charge in [-0.2, -0.15) is 0 Å². The summed E-state index contributed by atoms with van der Waals surface area (Å²) in [5.41, 5.74) is 0.353. The molecule has 1 aliphatic rings. The molecule has 0 spiro atoms. The summed E-state index contributed by atoms with van der Waals surface area (Å²) >= 11 is 5.99. The Kier molecular flexibility index (Phi) is 7.41. The van der Waals surface area contributed by atoms with E-state index in [0.29, 0.717) is 36.8 Å². The molecule has 0 saturated carbocycles. The van der Waals surface area contributed by atoms with Crippen LogP contribution >= 0.6 is 11.6 Å². The van der Waals surface area contributed by atoms with E-state index in [4.69, 9.17) is 11.6 Å². The number of halogens is 1. The summed E-state index contributed by atoms with van der Waals surface area (Å²) in [4.78, 5) is 41.7. The summed E-state index contributed by atoms with van der Waals surface area (Å²) in [6.45, 7) is 2.87. The highest BCUT2D eigenvalue weighted by molar-refractivity contribution is 6.33. The molecule has 26 heavy (non-hydrogen) atoms. The summed E-state index contributed by atoms with van der Waals surface area (Å²) in [7, 11) is 3.47. The van der Waals surface area contributed by atoms with Crippen molar-refractivity contribution in [3.63, 3.8) is 0 Å². The number of nitrogens with one attached hydrogen (secondary N) is 1. The summed E-state index contributed by atoms with van der Waals surface area (Å²) < 4.78 is 0. The van der Waals surface area contributed by atoms with Crippen LogP contribution in [0.3, 0.4) is 0 Å². The summed E-state index contributed by atoms with van der Waals surface area (Å²) in [6.07, 6.45) is 0.797. The van der Waals surface area contributed by atoms with Crippen LogP contribution in [0.1, 0.15) is 16.8 Å². The molecule has 8 heteroatoms. The molecule has 1 aromatic rings. The maximum atomic E-state index is 12.4. The Hall–Kier alpha value is -2.12. The Morgan fingerprint density at radius 1 is 1.12 bits per heavy atom. The van der Waals surface area contributed by atoms with Crippen molar-refractivity contribution in [1.29, 1.82) is 0 Å². The first kappa shape index (κ1) is 20.2. The summed E-state index contributed by atoms with van der Waals surface area (Å²) in [5.74, 6) is -0.444. The first-order chi connectivity index (χ1) is 12.4. The second kappa shape index (κ2) is 9.54. The number of hydrogen-bond acceptors (Lipinski definition) is 4. The summed E-state index contributed by atoms with van der Waals surface area (Å²) in [5, 5.41) is 2.98. The van der Waals surface area contributed by atoms with E-state index in [1.165, 1.54) is 0 Å². The zero-order chi connectivity index (χ0) is 19.1. The van der Waals surface area contributed by atoms with Gasteiger partial charge in [0.05, 0.1) is 23.7 Å². The van der Waals surface area contributed by atoms with Gasteiger partial charge in [0.2, 0.25) is 11.8 Å². The summed E-state index contributed by atoms with van der Waals surface area (Å²) in [6, 6.07) is 6.72. The SMILES string of the molecule is CN(C)C(=O)CN1CCCN(C(=O)CNC(=O)c2ccccc2Cl)CC1. The van der Waals surface area contributed by atoms with Crippen molar-refractivity contribution < 1.29 is 14.4 Å². The topological polar surface area (TPSA) is 73.0 Å². The number of likely N-dealkylation sites (N-methyl/N-ethyl adjacent to an activating group) is 1. The molecule has 3 amide bonds. The Bertz CT molecular complexity index is 666. The van der Waals surface area contributed by atoms with Crippen LogP contribution in [-0.4, -0.2) is 85.8 Å². The van der Waals surface area contributed by atoms with Crippen molar-refractivity contribution in [2.75, 3.05) is 53.4 Å². The molecule has 0 aliphatic carbocycles. The third-order valence-corrected chi connectivity index (χ3v) is 4.65. The third-order valence-electron chi connectivity index (χ3n) is 4.32. The van der Waals surface area contributed by atoms with Crippen molar-refractivity contribution in [3.8, 4) is 0 Å². The van der Waals surface area contributed by atoms with Crippen LogP contribution in [-0.2, 0) is 9.59 Å². The zero-order valence-corrected chi connectivity index (χ0v) is 16.0. The molecule has 1 heterocycles. The van der Waals surface area contributed by atoms with Crippen LogP contribution in [0.2, 0.25) is 5.02 Å². The van der Waals surface area contributed by atoms with Crippen LogP contribution in [0, 0.1) is 0 Å². The Balaban J connectivity index is 1.82. The predicted molar refractivity (Wildman–Crippen MR) is 100 cm³/mol. The fourth-order valence-electron chi connectivity index (χ4n) is 2.72. The number of benzene rings is 1. The lowest BCUT2D eigenvalue weighted by Gasteiger charge is -2.23. The number of carbonyl (C=O) groups excluding carboxylic acids is 3. The van der Waals surface area contributed by atoms with Gasteiger partial charge >= 0.3 is 0 Å².